The van der Waals surface area contributed by atoms with E-state index in [1.54, 1.807) is 4.90 Å². The number of nitrogens with zero attached hydrogens (tertiary/aromatic N) is 1. The van der Waals surface area contributed by atoms with Gasteiger partial charge in [-0.3, -0.25) is 4.90 Å². The summed E-state index contributed by atoms with van der Waals surface area (Å²) in [6, 6.07) is 7.76. The highest BCUT2D eigenvalue weighted by Gasteiger charge is 2.26. The van der Waals surface area contributed by atoms with Crippen LogP contribution in [0.4, 0.5) is 4.79 Å². The lowest BCUT2D eigenvalue weighted by molar-refractivity contribution is 0.0989. The summed E-state index contributed by atoms with van der Waals surface area (Å²) in [5, 5.41) is 4.02. The molecule has 4 nitrogen and oxygen atoms in total. The van der Waals surface area contributed by atoms with Gasteiger partial charge in [-0.1, -0.05) is 23.7 Å². The van der Waals surface area contributed by atoms with Crippen molar-refractivity contribution in [1.29, 1.82) is 0 Å². The Morgan fingerprint density at radius 1 is 1.37 bits per heavy atom. The van der Waals surface area contributed by atoms with E-state index in [9.17, 15) is 4.79 Å². The minimum Gasteiger partial charge on any atom is -0.453 e. The fraction of sp³-hybridized carbons (Fsp3) is 0.500. The molecule has 1 atom stereocenters. The number of benzene rings is 1. The Balaban J connectivity index is 2.24. The molecule has 1 saturated heterocycles. The van der Waals surface area contributed by atoms with Gasteiger partial charge in [-0.05, 0) is 37.1 Å². The smallest absolute Gasteiger partial charge is 0.410 e. The van der Waals surface area contributed by atoms with Crippen molar-refractivity contribution < 1.29 is 9.53 Å². The van der Waals surface area contributed by atoms with Crippen LogP contribution in [0.3, 0.4) is 0 Å². The average molecular weight is 283 g/mol. The van der Waals surface area contributed by atoms with Gasteiger partial charge in [0.15, 0.2) is 0 Å². The van der Waals surface area contributed by atoms with Crippen molar-refractivity contribution in [2.75, 3.05) is 26.7 Å². The second-order valence-corrected chi connectivity index (χ2v) is 5.06. The first-order chi connectivity index (χ1) is 9.22. The van der Waals surface area contributed by atoms with Crippen LogP contribution in [0.15, 0.2) is 24.3 Å². The summed E-state index contributed by atoms with van der Waals surface area (Å²) in [6.45, 7) is 2.43. The lowest BCUT2D eigenvalue weighted by Gasteiger charge is -2.33. The second kappa shape index (κ2) is 6.78. The summed E-state index contributed by atoms with van der Waals surface area (Å²) >= 11 is 5.92. The van der Waals surface area contributed by atoms with Crippen LogP contribution in [0.2, 0.25) is 5.02 Å². The van der Waals surface area contributed by atoms with Crippen molar-refractivity contribution in [3.05, 3.63) is 34.9 Å². The summed E-state index contributed by atoms with van der Waals surface area (Å²) in [6.07, 6.45) is 1.67. The molecule has 1 aliphatic rings. The number of nitrogens with one attached hydrogen (secondary N) is 1. The number of carbonyl (C=O) groups excluding carboxylic acids is 1. The molecule has 1 heterocycles. The number of amides is 1. The standard InChI is InChI=1S/C14H19ClN2O2/c1-19-14(18)17-10-9-16-8-2-3-13(17)11-4-6-12(15)7-5-11/h4-7,13,16H,2-3,8-10H2,1H3/t13-/m0/s1. The van der Waals surface area contributed by atoms with Gasteiger partial charge >= 0.3 is 6.09 Å². The van der Waals surface area contributed by atoms with Gasteiger partial charge in [0.2, 0.25) is 0 Å². The first-order valence-electron chi connectivity index (χ1n) is 6.53. The Morgan fingerprint density at radius 3 is 2.79 bits per heavy atom. The summed E-state index contributed by atoms with van der Waals surface area (Å²) in [5.74, 6) is 0. The number of methoxy groups -OCH3 is 1. The first kappa shape index (κ1) is 14.2. The molecule has 1 N–H and O–H groups in total. The van der Waals surface area contributed by atoms with Gasteiger partial charge in [0.1, 0.15) is 0 Å². The molecule has 1 aliphatic heterocycles. The highest BCUT2D eigenvalue weighted by atomic mass is 35.5. The van der Waals surface area contributed by atoms with Crippen LogP contribution in [-0.2, 0) is 4.74 Å². The molecule has 0 aliphatic carbocycles. The van der Waals surface area contributed by atoms with E-state index in [0.717, 1.165) is 31.5 Å². The van der Waals surface area contributed by atoms with Crippen molar-refractivity contribution >= 4 is 17.7 Å². The summed E-state index contributed by atoms with van der Waals surface area (Å²) in [7, 11) is 1.42. The van der Waals surface area contributed by atoms with E-state index in [1.165, 1.54) is 7.11 Å². The Morgan fingerprint density at radius 2 is 2.11 bits per heavy atom. The van der Waals surface area contributed by atoms with E-state index in [1.807, 2.05) is 24.3 Å². The van der Waals surface area contributed by atoms with Crippen LogP contribution in [0.5, 0.6) is 0 Å². The predicted octanol–water partition coefficient (Wildman–Crippen LogP) is 2.83. The van der Waals surface area contributed by atoms with Gasteiger partial charge in [0, 0.05) is 18.1 Å². The maximum atomic E-state index is 11.9. The normalized spacial score (nSPS) is 20.5. The number of rotatable bonds is 1. The van der Waals surface area contributed by atoms with Gasteiger partial charge in [0.05, 0.1) is 13.2 Å². The van der Waals surface area contributed by atoms with Crippen LogP contribution in [-0.4, -0.2) is 37.7 Å². The largest absolute Gasteiger partial charge is 0.453 e. The summed E-state index contributed by atoms with van der Waals surface area (Å²) in [4.78, 5) is 13.7. The van der Waals surface area contributed by atoms with Gasteiger partial charge < -0.3 is 10.1 Å². The third-order valence-corrected chi connectivity index (χ3v) is 3.65. The molecular formula is C14H19ClN2O2. The zero-order valence-corrected chi connectivity index (χ0v) is 11.8. The van der Waals surface area contributed by atoms with E-state index in [0.29, 0.717) is 11.6 Å². The van der Waals surface area contributed by atoms with E-state index in [2.05, 4.69) is 5.32 Å². The van der Waals surface area contributed by atoms with Crippen LogP contribution in [0, 0.1) is 0 Å². The molecule has 0 saturated carbocycles. The minimum absolute atomic E-state index is 0.0619. The predicted molar refractivity (Wildman–Crippen MR) is 75.4 cm³/mol. The summed E-state index contributed by atoms with van der Waals surface area (Å²) in [5.41, 5.74) is 1.11. The zero-order chi connectivity index (χ0) is 13.7. The van der Waals surface area contributed by atoms with E-state index in [4.69, 9.17) is 16.3 Å². The van der Waals surface area contributed by atoms with Gasteiger partial charge in [-0.25, -0.2) is 4.79 Å². The highest BCUT2D eigenvalue weighted by molar-refractivity contribution is 6.30. The van der Waals surface area contributed by atoms with E-state index in [-0.39, 0.29) is 12.1 Å². The molecule has 0 radical (unpaired) electrons. The van der Waals surface area contributed by atoms with Crippen molar-refractivity contribution in [3.8, 4) is 0 Å². The first-order valence-corrected chi connectivity index (χ1v) is 6.91. The van der Waals surface area contributed by atoms with E-state index < -0.39 is 0 Å². The fourth-order valence-corrected chi connectivity index (χ4v) is 2.55. The van der Waals surface area contributed by atoms with Gasteiger partial charge in [0.25, 0.3) is 0 Å². The number of ether oxygens (including phenoxy) is 1. The second-order valence-electron chi connectivity index (χ2n) is 4.62. The molecule has 1 amide bonds. The maximum absolute atomic E-state index is 11.9. The van der Waals surface area contributed by atoms with Crippen molar-refractivity contribution in [3.63, 3.8) is 0 Å². The molecule has 0 aromatic heterocycles. The Hall–Kier alpha value is -1.26. The summed E-state index contributed by atoms with van der Waals surface area (Å²) < 4.78 is 4.89. The Labute approximate surface area is 118 Å². The third-order valence-electron chi connectivity index (χ3n) is 3.40. The topological polar surface area (TPSA) is 41.6 Å². The van der Waals surface area contributed by atoms with Crippen LogP contribution in [0.1, 0.15) is 24.4 Å². The maximum Gasteiger partial charge on any atom is 0.410 e. The number of carbonyl (C=O) groups is 1. The quantitative estimate of drug-likeness (QED) is 0.861. The average Bonchev–Trinajstić information content (AvgIpc) is 2.39. The lowest BCUT2D eigenvalue weighted by Crippen LogP contribution is -2.41. The lowest BCUT2D eigenvalue weighted by atomic mass is 9.99. The minimum atomic E-state index is -0.274. The van der Waals surface area contributed by atoms with Gasteiger partial charge in [-0.15, -0.1) is 0 Å². The fourth-order valence-electron chi connectivity index (χ4n) is 2.42. The van der Waals surface area contributed by atoms with Crippen molar-refractivity contribution in [2.24, 2.45) is 0 Å². The molecule has 2 rings (SSSR count). The molecule has 0 spiro atoms. The number of halogens is 1. The molecule has 19 heavy (non-hydrogen) atoms. The Kier molecular flexibility index (Phi) is 5.05. The SMILES string of the molecule is COC(=O)N1CCNCCC[C@H]1c1ccc(Cl)cc1. The van der Waals surface area contributed by atoms with Crippen molar-refractivity contribution in [1.82, 2.24) is 10.2 Å². The monoisotopic (exact) mass is 282 g/mol. The van der Waals surface area contributed by atoms with Crippen LogP contribution in [0.25, 0.3) is 0 Å². The highest BCUT2D eigenvalue weighted by Crippen LogP contribution is 2.28. The third kappa shape index (κ3) is 3.61. The van der Waals surface area contributed by atoms with Gasteiger partial charge in [-0.2, -0.15) is 0 Å². The molecule has 1 aromatic rings. The molecule has 104 valence electrons. The molecule has 0 bridgehead atoms. The molecule has 1 fully saturated rings. The van der Waals surface area contributed by atoms with Crippen LogP contribution >= 0.6 is 11.6 Å². The molecular weight excluding hydrogens is 264 g/mol. The molecule has 0 unspecified atom stereocenters. The molecule has 5 heteroatoms. The number of hydrogen-bond donors (Lipinski definition) is 1. The van der Waals surface area contributed by atoms with Crippen LogP contribution < -0.4 is 5.32 Å². The zero-order valence-electron chi connectivity index (χ0n) is 11.1. The number of hydrogen-bond acceptors (Lipinski definition) is 3. The Bertz CT molecular complexity index is 422. The van der Waals surface area contributed by atoms with E-state index >= 15 is 0 Å². The molecule has 1 aromatic carbocycles. The van der Waals surface area contributed by atoms with Crippen molar-refractivity contribution in [2.45, 2.75) is 18.9 Å².